The van der Waals surface area contributed by atoms with Crippen LogP contribution in [0.2, 0.25) is 0 Å². The minimum Gasteiger partial charge on any atom is -0.394 e. The molecule has 0 aliphatic carbocycles. The van der Waals surface area contributed by atoms with Crippen molar-refractivity contribution in [3.63, 3.8) is 0 Å². The van der Waals surface area contributed by atoms with E-state index >= 15 is 0 Å². The lowest BCUT2D eigenvalue weighted by Gasteiger charge is -2.43. The fraction of sp³-hybridized carbons (Fsp3) is 0.500. The minimum atomic E-state index is -1.29. The fourth-order valence-electron chi connectivity index (χ4n) is 2.35. The SMILES string of the molecule is CC(=O)N[C@H]1[C@H](O)[C@@H](O)[C@H](CO)O[C@@H]1Nc1ccc(Br)cc1. The first-order valence-corrected chi connectivity index (χ1v) is 7.63. The normalized spacial score (nSPS) is 31.6. The number of aliphatic hydroxyl groups is 3. The molecule has 5 atom stereocenters. The molecule has 1 aromatic rings. The van der Waals surface area contributed by atoms with Gasteiger partial charge in [0.25, 0.3) is 0 Å². The number of benzene rings is 1. The van der Waals surface area contributed by atoms with E-state index in [1.165, 1.54) is 6.92 Å². The van der Waals surface area contributed by atoms with Gasteiger partial charge in [-0.1, -0.05) is 15.9 Å². The van der Waals surface area contributed by atoms with E-state index in [0.29, 0.717) is 5.69 Å². The smallest absolute Gasteiger partial charge is 0.217 e. The zero-order chi connectivity index (χ0) is 16.3. The van der Waals surface area contributed by atoms with Crippen molar-refractivity contribution >= 4 is 27.5 Å². The quantitative estimate of drug-likeness (QED) is 0.499. The molecule has 0 radical (unpaired) electrons. The van der Waals surface area contributed by atoms with E-state index in [2.05, 4.69) is 26.6 Å². The van der Waals surface area contributed by atoms with Crippen LogP contribution in [0.25, 0.3) is 0 Å². The maximum absolute atomic E-state index is 11.3. The Morgan fingerprint density at radius 1 is 1.27 bits per heavy atom. The van der Waals surface area contributed by atoms with Gasteiger partial charge < -0.3 is 30.7 Å². The summed E-state index contributed by atoms with van der Waals surface area (Å²) < 4.78 is 6.48. The summed E-state index contributed by atoms with van der Waals surface area (Å²) in [6.07, 6.45) is -4.28. The Balaban J connectivity index is 2.18. The van der Waals surface area contributed by atoms with Crippen LogP contribution in [-0.4, -0.2) is 58.4 Å². The summed E-state index contributed by atoms with van der Waals surface area (Å²) in [6.45, 7) is 0.872. The number of amides is 1. The van der Waals surface area contributed by atoms with Gasteiger partial charge >= 0.3 is 0 Å². The van der Waals surface area contributed by atoms with Crippen molar-refractivity contribution in [2.75, 3.05) is 11.9 Å². The highest BCUT2D eigenvalue weighted by Crippen LogP contribution is 2.23. The summed E-state index contributed by atoms with van der Waals surface area (Å²) >= 11 is 3.33. The summed E-state index contributed by atoms with van der Waals surface area (Å²) in [5.41, 5.74) is 0.712. The number of rotatable bonds is 4. The van der Waals surface area contributed by atoms with Crippen molar-refractivity contribution in [1.82, 2.24) is 5.32 Å². The molecule has 1 fully saturated rings. The monoisotopic (exact) mass is 374 g/mol. The Morgan fingerprint density at radius 2 is 1.91 bits per heavy atom. The Kier molecular flexibility index (Phi) is 5.76. The molecule has 1 heterocycles. The third kappa shape index (κ3) is 3.96. The Morgan fingerprint density at radius 3 is 2.45 bits per heavy atom. The molecule has 22 heavy (non-hydrogen) atoms. The molecule has 1 aliphatic heterocycles. The molecule has 7 nitrogen and oxygen atoms in total. The van der Waals surface area contributed by atoms with Crippen LogP contribution in [0.1, 0.15) is 6.92 Å². The summed E-state index contributed by atoms with van der Waals surface area (Å²) in [5.74, 6) is -0.357. The summed E-state index contributed by atoms with van der Waals surface area (Å²) in [6, 6.07) is 6.40. The zero-order valence-electron chi connectivity index (χ0n) is 11.9. The van der Waals surface area contributed by atoms with Crippen LogP contribution in [-0.2, 0) is 9.53 Å². The average Bonchev–Trinajstić information content (AvgIpc) is 2.48. The first-order chi connectivity index (χ1) is 10.4. The number of carbonyl (C=O) groups excluding carboxylic acids is 1. The van der Waals surface area contributed by atoms with Crippen molar-refractivity contribution in [1.29, 1.82) is 0 Å². The first kappa shape index (κ1) is 17.2. The van der Waals surface area contributed by atoms with Gasteiger partial charge in [-0.2, -0.15) is 0 Å². The van der Waals surface area contributed by atoms with Crippen LogP contribution in [0.4, 0.5) is 5.69 Å². The standard InChI is InChI=1S/C14H19BrN2O5/c1-7(19)16-11-13(21)12(20)10(6-18)22-14(11)17-9-4-2-8(15)3-5-9/h2-5,10-14,17-18,20-21H,6H2,1H3,(H,16,19)/t10-,11-,12-,13-,14-/m0/s1. The van der Waals surface area contributed by atoms with Crippen LogP contribution >= 0.6 is 15.9 Å². The first-order valence-electron chi connectivity index (χ1n) is 6.84. The van der Waals surface area contributed by atoms with Crippen molar-refractivity contribution in [3.8, 4) is 0 Å². The number of nitrogens with one attached hydrogen (secondary N) is 2. The maximum Gasteiger partial charge on any atom is 0.217 e. The molecule has 1 saturated heterocycles. The second-order valence-corrected chi connectivity index (χ2v) is 6.05. The summed E-state index contributed by atoms with van der Waals surface area (Å²) in [7, 11) is 0. The van der Waals surface area contributed by atoms with Crippen LogP contribution < -0.4 is 10.6 Å². The molecule has 8 heteroatoms. The molecule has 122 valence electrons. The van der Waals surface area contributed by atoms with Crippen molar-refractivity contribution in [2.45, 2.75) is 37.5 Å². The molecule has 0 bridgehead atoms. The molecule has 1 aromatic carbocycles. The molecule has 0 unspecified atom stereocenters. The van der Waals surface area contributed by atoms with E-state index < -0.39 is 37.2 Å². The highest BCUT2D eigenvalue weighted by Gasteiger charge is 2.44. The van der Waals surface area contributed by atoms with E-state index in [9.17, 15) is 20.1 Å². The highest BCUT2D eigenvalue weighted by atomic mass is 79.9. The molecule has 0 aromatic heterocycles. The van der Waals surface area contributed by atoms with Gasteiger partial charge in [-0.25, -0.2) is 0 Å². The zero-order valence-corrected chi connectivity index (χ0v) is 13.5. The Bertz CT molecular complexity index is 512. The van der Waals surface area contributed by atoms with E-state index in [-0.39, 0.29) is 5.91 Å². The van der Waals surface area contributed by atoms with Gasteiger partial charge in [0.05, 0.1) is 6.61 Å². The third-order valence-electron chi connectivity index (χ3n) is 3.45. The molecule has 1 amide bonds. The average molecular weight is 375 g/mol. The van der Waals surface area contributed by atoms with Crippen LogP contribution in [0.15, 0.2) is 28.7 Å². The van der Waals surface area contributed by atoms with Gasteiger partial charge in [0.15, 0.2) is 6.23 Å². The molecule has 0 spiro atoms. The van der Waals surface area contributed by atoms with Gasteiger partial charge in [0, 0.05) is 17.1 Å². The van der Waals surface area contributed by atoms with E-state index in [1.807, 2.05) is 12.1 Å². The largest absolute Gasteiger partial charge is 0.394 e. The van der Waals surface area contributed by atoms with E-state index in [0.717, 1.165) is 4.47 Å². The number of aliphatic hydroxyl groups excluding tert-OH is 3. The lowest BCUT2D eigenvalue weighted by Crippen LogP contribution is -2.65. The van der Waals surface area contributed by atoms with Crippen molar-refractivity contribution in [2.24, 2.45) is 0 Å². The second kappa shape index (κ2) is 7.38. The van der Waals surface area contributed by atoms with Crippen LogP contribution in [0, 0.1) is 0 Å². The van der Waals surface area contributed by atoms with Gasteiger partial charge in [0.1, 0.15) is 24.4 Å². The summed E-state index contributed by atoms with van der Waals surface area (Å²) in [5, 5.41) is 34.9. The van der Waals surface area contributed by atoms with Gasteiger partial charge in [-0.05, 0) is 24.3 Å². The molecular weight excluding hydrogens is 356 g/mol. The lowest BCUT2D eigenvalue weighted by molar-refractivity contribution is -0.188. The second-order valence-electron chi connectivity index (χ2n) is 5.14. The molecular formula is C14H19BrN2O5. The number of hydrogen-bond acceptors (Lipinski definition) is 6. The fourth-order valence-corrected chi connectivity index (χ4v) is 2.61. The molecule has 0 saturated carbocycles. The van der Waals surface area contributed by atoms with Gasteiger partial charge in [-0.15, -0.1) is 0 Å². The third-order valence-corrected chi connectivity index (χ3v) is 3.98. The van der Waals surface area contributed by atoms with Gasteiger partial charge in [-0.3, -0.25) is 4.79 Å². The highest BCUT2D eigenvalue weighted by molar-refractivity contribution is 9.10. The van der Waals surface area contributed by atoms with Crippen LogP contribution in [0.3, 0.4) is 0 Å². The number of anilines is 1. The topological polar surface area (TPSA) is 111 Å². The van der Waals surface area contributed by atoms with E-state index in [1.54, 1.807) is 12.1 Å². The lowest BCUT2D eigenvalue weighted by atomic mass is 9.96. The minimum absolute atomic E-state index is 0.357. The van der Waals surface area contributed by atoms with Crippen molar-refractivity contribution < 1.29 is 24.9 Å². The number of hydrogen-bond donors (Lipinski definition) is 5. The predicted molar refractivity (Wildman–Crippen MR) is 83.1 cm³/mol. The molecule has 5 N–H and O–H groups in total. The molecule has 2 rings (SSSR count). The number of carbonyl (C=O) groups is 1. The number of halogens is 1. The predicted octanol–water partition coefficient (Wildman–Crippen LogP) is -0.195. The maximum atomic E-state index is 11.3. The summed E-state index contributed by atoms with van der Waals surface area (Å²) in [4.78, 5) is 11.3. The Labute approximate surface area is 136 Å². The van der Waals surface area contributed by atoms with E-state index in [4.69, 9.17) is 4.74 Å². The number of ether oxygens (including phenoxy) is 1. The molecule has 1 aliphatic rings. The van der Waals surface area contributed by atoms with Gasteiger partial charge in [0.2, 0.25) is 5.91 Å². The van der Waals surface area contributed by atoms with Crippen LogP contribution in [0.5, 0.6) is 0 Å². The Hall–Kier alpha value is -1.19. The van der Waals surface area contributed by atoms with Crippen molar-refractivity contribution in [3.05, 3.63) is 28.7 Å².